The van der Waals surface area contributed by atoms with Gasteiger partial charge in [-0.05, 0) is 6.42 Å². The first-order valence-electron chi connectivity index (χ1n) is 4.55. The summed E-state index contributed by atoms with van der Waals surface area (Å²) in [5.74, 6) is -1.90. The number of carbonyl (C=O) groups excluding carboxylic acids is 2. The molecule has 0 saturated carbocycles. The number of ether oxygens (including phenoxy) is 3. The van der Waals surface area contributed by atoms with Gasteiger partial charge in [0.1, 0.15) is 6.61 Å². The van der Waals surface area contributed by atoms with Gasteiger partial charge in [-0.15, -0.1) is 0 Å². The molecule has 0 amide bonds. The summed E-state index contributed by atoms with van der Waals surface area (Å²) in [4.78, 5) is 21.7. The summed E-state index contributed by atoms with van der Waals surface area (Å²) in [6.07, 6.45) is 1.66. The third-order valence-corrected chi connectivity index (χ3v) is 1.42. The number of hydrogen-bond acceptors (Lipinski definition) is 5. The van der Waals surface area contributed by atoms with Gasteiger partial charge in [-0.25, -0.2) is 9.59 Å². The maximum Gasteiger partial charge on any atom is 0.417 e. The van der Waals surface area contributed by atoms with Crippen molar-refractivity contribution in [2.45, 2.75) is 19.8 Å². The van der Waals surface area contributed by atoms with E-state index in [9.17, 15) is 9.59 Å². The molecule has 0 radical (unpaired) electrons. The van der Waals surface area contributed by atoms with Crippen LogP contribution in [0.3, 0.4) is 0 Å². The van der Waals surface area contributed by atoms with Crippen LogP contribution < -0.4 is 0 Å². The fourth-order valence-electron chi connectivity index (χ4n) is 0.645. The first kappa shape index (κ1) is 12.9. The molecule has 0 unspecified atom stereocenters. The monoisotopic (exact) mass is 204 g/mol. The summed E-state index contributed by atoms with van der Waals surface area (Å²) in [5.41, 5.74) is 0. The Labute approximate surface area is 83.3 Å². The molecule has 0 atom stereocenters. The van der Waals surface area contributed by atoms with E-state index in [1.54, 1.807) is 0 Å². The minimum Gasteiger partial charge on any atom is -0.457 e. The lowest BCUT2D eigenvalue weighted by molar-refractivity contribution is -0.168. The number of methoxy groups -OCH3 is 1. The van der Waals surface area contributed by atoms with Crippen LogP contribution in [0.2, 0.25) is 0 Å². The highest BCUT2D eigenvalue weighted by molar-refractivity contribution is 6.29. The van der Waals surface area contributed by atoms with Gasteiger partial charge in [0.05, 0.1) is 13.2 Å². The molecule has 82 valence electrons. The Morgan fingerprint density at radius 3 is 2.07 bits per heavy atom. The number of esters is 2. The Morgan fingerprint density at radius 2 is 1.57 bits per heavy atom. The van der Waals surface area contributed by atoms with Crippen molar-refractivity contribution < 1.29 is 23.8 Å². The topological polar surface area (TPSA) is 61.8 Å². The van der Waals surface area contributed by atoms with Crippen LogP contribution in [0.5, 0.6) is 0 Å². The molecule has 0 aromatic rings. The lowest BCUT2D eigenvalue weighted by atomic mass is 10.4. The predicted octanol–water partition coefficient (Wildman–Crippen LogP) is 0.519. The minimum atomic E-state index is -0.960. The van der Waals surface area contributed by atoms with Crippen LogP contribution in [0.4, 0.5) is 0 Å². The standard InChI is InChI=1S/C9H16O5/c1-3-4-5-13-8(10)9(11)14-7-6-12-2/h3-7H2,1-2H3. The van der Waals surface area contributed by atoms with Gasteiger partial charge in [-0.2, -0.15) is 0 Å². The molecule has 0 aliphatic rings. The van der Waals surface area contributed by atoms with Crippen LogP contribution in [0.15, 0.2) is 0 Å². The highest BCUT2D eigenvalue weighted by atomic mass is 16.6. The van der Waals surface area contributed by atoms with Crippen molar-refractivity contribution in [2.75, 3.05) is 26.9 Å². The summed E-state index contributed by atoms with van der Waals surface area (Å²) in [6.45, 7) is 2.56. The number of carbonyl (C=O) groups is 2. The zero-order chi connectivity index (χ0) is 10.8. The smallest absolute Gasteiger partial charge is 0.417 e. The van der Waals surface area contributed by atoms with Gasteiger partial charge in [0.2, 0.25) is 0 Å². The second-order valence-corrected chi connectivity index (χ2v) is 2.62. The summed E-state index contributed by atoms with van der Waals surface area (Å²) in [6, 6.07) is 0. The molecule has 0 bridgehead atoms. The van der Waals surface area contributed by atoms with E-state index in [2.05, 4.69) is 14.2 Å². The van der Waals surface area contributed by atoms with E-state index >= 15 is 0 Å². The Bertz CT molecular complexity index is 158. The Kier molecular flexibility index (Phi) is 7.83. The van der Waals surface area contributed by atoms with Crippen molar-refractivity contribution in [3.8, 4) is 0 Å². The van der Waals surface area contributed by atoms with Crippen molar-refractivity contribution >= 4 is 11.9 Å². The first-order chi connectivity index (χ1) is 6.72. The fraction of sp³-hybridized carbons (Fsp3) is 0.778. The SMILES string of the molecule is CCCCOC(=O)C(=O)OCCOC. The van der Waals surface area contributed by atoms with E-state index < -0.39 is 11.9 Å². The van der Waals surface area contributed by atoms with Gasteiger partial charge in [0, 0.05) is 7.11 Å². The highest BCUT2D eigenvalue weighted by Gasteiger charge is 2.16. The van der Waals surface area contributed by atoms with Gasteiger partial charge in [-0.3, -0.25) is 0 Å². The number of unbranched alkanes of at least 4 members (excludes halogenated alkanes) is 1. The summed E-state index contributed by atoms with van der Waals surface area (Å²) < 4.78 is 13.8. The lowest BCUT2D eigenvalue weighted by Crippen LogP contribution is -2.22. The molecule has 0 aliphatic heterocycles. The second-order valence-electron chi connectivity index (χ2n) is 2.62. The molecule has 0 spiro atoms. The largest absolute Gasteiger partial charge is 0.457 e. The third-order valence-electron chi connectivity index (χ3n) is 1.42. The van der Waals surface area contributed by atoms with Crippen molar-refractivity contribution in [3.63, 3.8) is 0 Å². The molecule has 0 N–H and O–H groups in total. The van der Waals surface area contributed by atoms with Gasteiger partial charge in [0.15, 0.2) is 0 Å². The van der Waals surface area contributed by atoms with Crippen molar-refractivity contribution in [1.82, 2.24) is 0 Å². The Balaban J connectivity index is 3.50. The van der Waals surface area contributed by atoms with E-state index in [0.717, 1.165) is 12.8 Å². The lowest BCUT2D eigenvalue weighted by Gasteiger charge is -2.04. The van der Waals surface area contributed by atoms with Gasteiger partial charge >= 0.3 is 11.9 Å². The molecule has 0 fully saturated rings. The number of hydrogen-bond donors (Lipinski definition) is 0. The van der Waals surface area contributed by atoms with Gasteiger partial charge in [-0.1, -0.05) is 13.3 Å². The maximum atomic E-state index is 10.9. The Morgan fingerprint density at radius 1 is 1.00 bits per heavy atom. The molecular weight excluding hydrogens is 188 g/mol. The first-order valence-corrected chi connectivity index (χ1v) is 4.55. The molecule has 5 nitrogen and oxygen atoms in total. The van der Waals surface area contributed by atoms with Gasteiger partial charge in [0.25, 0.3) is 0 Å². The zero-order valence-electron chi connectivity index (χ0n) is 8.58. The quantitative estimate of drug-likeness (QED) is 0.358. The van der Waals surface area contributed by atoms with E-state index in [0.29, 0.717) is 0 Å². The van der Waals surface area contributed by atoms with Crippen molar-refractivity contribution in [2.24, 2.45) is 0 Å². The van der Waals surface area contributed by atoms with E-state index in [1.165, 1.54) is 7.11 Å². The van der Waals surface area contributed by atoms with E-state index in [-0.39, 0.29) is 19.8 Å². The summed E-state index contributed by atoms with van der Waals surface area (Å²) in [5, 5.41) is 0. The molecule has 0 aromatic carbocycles. The van der Waals surface area contributed by atoms with Crippen LogP contribution in [-0.2, 0) is 23.8 Å². The van der Waals surface area contributed by atoms with Gasteiger partial charge < -0.3 is 14.2 Å². The predicted molar refractivity (Wildman–Crippen MR) is 48.7 cm³/mol. The molecule has 0 rings (SSSR count). The van der Waals surface area contributed by atoms with Crippen molar-refractivity contribution in [1.29, 1.82) is 0 Å². The van der Waals surface area contributed by atoms with Crippen LogP contribution in [0.25, 0.3) is 0 Å². The maximum absolute atomic E-state index is 10.9. The molecule has 0 aliphatic carbocycles. The zero-order valence-corrected chi connectivity index (χ0v) is 8.58. The average Bonchev–Trinajstić information content (AvgIpc) is 2.18. The summed E-state index contributed by atoms with van der Waals surface area (Å²) >= 11 is 0. The molecule has 0 aromatic heterocycles. The normalized spacial score (nSPS) is 9.57. The molecule has 5 heteroatoms. The average molecular weight is 204 g/mol. The second kappa shape index (κ2) is 8.50. The van der Waals surface area contributed by atoms with Crippen LogP contribution >= 0.6 is 0 Å². The van der Waals surface area contributed by atoms with Crippen LogP contribution in [0, 0.1) is 0 Å². The Hall–Kier alpha value is -1.10. The van der Waals surface area contributed by atoms with E-state index in [1.807, 2.05) is 6.92 Å². The number of rotatable bonds is 6. The third kappa shape index (κ3) is 6.42. The molecule has 0 heterocycles. The van der Waals surface area contributed by atoms with Crippen LogP contribution in [0.1, 0.15) is 19.8 Å². The van der Waals surface area contributed by atoms with Crippen molar-refractivity contribution in [3.05, 3.63) is 0 Å². The summed E-state index contributed by atoms with van der Waals surface area (Å²) in [7, 11) is 1.48. The molecular formula is C9H16O5. The fourth-order valence-corrected chi connectivity index (χ4v) is 0.645. The minimum absolute atomic E-state index is 0.0677. The molecule has 14 heavy (non-hydrogen) atoms. The van der Waals surface area contributed by atoms with E-state index in [4.69, 9.17) is 0 Å². The highest BCUT2D eigenvalue weighted by Crippen LogP contribution is 1.90. The molecule has 0 saturated heterocycles. The van der Waals surface area contributed by atoms with Crippen LogP contribution in [-0.4, -0.2) is 38.9 Å².